The molecule has 4 N–H and O–H groups in total. The number of aromatic hydroxyl groups is 2. The van der Waals surface area contributed by atoms with Gasteiger partial charge in [-0.2, -0.15) is 0 Å². The second-order valence-corrected chi connectivity index (χ2v) is 12.0. The molecule has 0 saturated heterocycles. The Balaban J connectivity index is 1.27. The maximum absolute atomic E-state index is 10.6. The zero-order valence-corrected chi connectivity index (χ0v) is 24.9. The Kier molecular flexibility index (Phi) is 8.26. The molecule has 0 atom stereocenters. The SMILES string of the molecule is CC(C)(c1ccccc1)c1ccc(O)c(CNc2cccc(NCc3cc(C(C)(C)c4ccccc4)ccc3O)c2)c1. The molecule has 0 aliphatic heterocycles. The van der Waals surface area contributed by atoms with Gasteiger partial charge in [-0.15, -0.1) is 0 Å². The zero-order valence-electron chi connectivity index (χ0n) is 24.9. The third-order valence-electron chi connectivity index (χ3n) is 8.42. The van der Waals surface area contributed by atoms with Crippen LogP contribution in [-0.2, 0) is 23.9 Å². The summed E-state index contributed by atoms with van der Waals surface area (Å²) in [6.07, 6.45) is 0. The quantitative estimate of drug-likeness (QED) is 0.139. The smallest absolute Gasteiger partial charge is 0.120 e. The third-order valence-corrected chi connectivity index (χ3v) is 8.42. The summed E-state index contributed by atoms with van der Waals surface area (Å²) >= 11 is 0. The first-order valence-electron chi connectivity index (χ1n) is 14.5. The van der Waals surface area contributed by atoms with Crippen LogP contribution in [0.3, 0.4) is 0 Å². The summed E-state index contributed by atoms with van der Waals surface area (Å²) in [4.78, 5) is 0. The van der Waals surface area contributed by atoms with Crippen LogP contribution in [-0.4, -0.2) is 10.2 Å². The molecule has 5 aromatic rings. The molecule has 0 heterocycles. The van der Waals surface area contributed by atoms with Crippen molar-refractivity contribution in [1.82, 2.24) is 0 Å². The van der Waals surface area contributed by atoms with E-state index in [0.29, 0.717) is 13.1 Å². The Hall–Kier alpha value is -4.70. The fourth-order valence-electron chi connectivity index (χ4n) is 5.41. The molecule has 0 bridgehead atoms. The van der Waals surface area contributed by atoms with Crippen LogP contribution < -0.4 is 10.6 Å². The van der Waals surface area contributed by atoms with E-state index in [-0.39, 0.29) is 22.3 Å². The molecule has 0 fully saturated rings. The second-order valence-electron chi connectivity index (χ2n) is 12.0. The molecular formula is C38H40N2O2. The van der Waals surface area contributed by atoms with Crippen molar-refractivity contribution >= 4 is 11.4 Å². The molecule has 4 nitrogen and oxygen atoms in total. The van der Waals surface area contributed by atoms with Crippen molar-refractivity contribution in [2.24, 2.45) is 0 Å². The van der Waals surface area contributed by atoms with E-state index in [2.05, 4.69) is 99.0 Å². The van der Waals surface area contributed by atoms with E-state index < -0.39 is 0 Å². The monoisotopic (exact) mass is 556 g/mol. The van der Waals surface area contributed by atoms with E-state index in [1.807, 2.05) is 48.5 Å². The minimum absolute atomic E-state index is 0.188. The molecule has 0 amide bonds. The average Bonchev–Trinajstić information content (AvgIpc) is 3.01. The van der Waals surface area contributed by atoms with E-state index in [1.54, 1.807) is 12.1 Å². The highest BCUT2D eigenvalue weighted by molar-refractivity contribution is 5.58. The highest BCUT2D eigenvalue weighted by atomic mass is 16.3. The standard InChI is InChI=1S/C38H40N2O2/c1-37(2,29-12-7-5-8-13-29)31-18-20-35(41)27(22-31)25-39-33-16-11-17-34(24-33)40-26-28-23-32(19-21-36(28)42)38(3,4)30-14-9-6-10-15-30/h5-24,39-42H,25-26H2,1-4H3. The van der Waals surface area contributed by atoms with Crippen LogP contribution in [0.2, 0.25) is 0 Å². The Morgan fingerprint density at radius 1 is 0.452 bits per heavy atom. The van der Waals surface area contributed by atoms with Crippen LogP contribution in [0.1, 0.15) is 61.1 Å². The summed E-state index contributed by atoms with van der Waals surface area (Å²) in [5, 5.41) is 28.2. The molecule has 0 aromatic heterocycles. The van der Waals surface area contributed by atoms with E-state index in [1.165, 1.54) is 11.1 Å². The van der Waals surface area contributed by atoms with E-state index in [0.717, 1.165) is 33.6 Å². The van der Waals surface area contributed by atoms with Gasteiger partial charge in [-0.1, -0.05) is 107 Å². The normalized spacial score (nSPS) is 11.7. The van der Waals surface area contributed by atoms with Crippen molar-refractivity contribution in [2.75, 3.05) is 10.6 Å². The molecule has 0 aliphatic carbocycles. The summed E-state index contributed by atoms with van der Waals surface area (Å²) in [5.74, 6) is 0.552. The number of hydrogen-bond donors (Lipinski definition) is 4. The summed E-state index contributed by atoms with van der Waals surface area (Å²) in [7, 11) is 0. The lowest BCUT2D eigenvalue weighted by atomic mass is 9.77. The van der Waals surface area contributed by atoms with Gasteiger partial charge in [0.25, 0.3) is 0 Å². The molecule has 5 aromatic carbocycles. The van der Waals surface area contributed by atoms with E-state index in [4.69, 9.17) is 0 Å². The highest BCUT2D eigenvalue weighted by Crippen LogP contribution is 2.35. The Bertz CT molecular complexity index is 1520. The number of phenols is 2. The predicted octanol–water partition coefficient (Wildman–Crippen LogP) is 8.97. The fourth-order valence-corrected chi connectivity index (χ4v) is 5.41. The van der Waals surface area contributed by atoms with Crippen molar-refractivity contribution in [2.45, 2.75) is 51.6 Å². The first-order chi connectivity index (χ1) is 20.1. The van der Waals surface area contributed by atoms with Gasteiger partial charge in [-0.3, -0.25) is 0 Å². The van der Waals surface area contributed by atoms with Gasteiger partial charge in [-0.05, 0) is 64.7 Å². The topological polar surface area (TPSA) is 64.5 Å². The molecule has 0 saturated carbocycles. The molecule has 4 heteroatoms. The van der Waals surface area contributed by atoms with Gasteiger partial charge in [0.15, 0.2) is 0 Å². The second kappa shape index (κ2) is 12.0. The number of benzene rings is 5. The van der Waals surface area contributed by atoms with Crippen LogP contribution in [0, 0.1) is 0 Å². The number of phenolic OH excluding ortho intramolecular Hbond substituents is 2. The lowest BCUT2D eigenvalue weighted by Gasteiger charge is -2.27. The van der Waals surface area contributed by atoms with Gasteiger partial charge in [-0.25, -0.2) is 0 Å². The summed E-state index contributed by atoms with van der Waals surface area (Å²) in [5.41, 5.74) is 7.95. The van der Waals surface area contributed by atoms with Crippen molar-refractivity contribution in [3.8, 4) is 11.5 Å². The predicted molar refractivity (Wildman–Crippen MR) is 174 cm³/mol. The van der Waals surface area contributed by atoms with Crippen LogP contribution in [0.15, 0.2) is 121 Å². The Labute approximate surface area is 249 Å². The first-order valence-corrected chi connectivity index (χ1v) is 14.5. The molecule has 0 spiro atoms. The maximum Gasteiger partial charge on any atom is 0.120 e. The van der Waals surface area contributed by atoms with Crippen molar-refractivity contribution in [3.63, 3.8) is 0 Å². The lowest BCUT2D eigenvalue weighted by molar-refractivity contribution is 0.467. The number of anilines is 2. The van der Waals surface area contributed by atoms with Crippen LogP contribution in [0.4, 0.5) is 11.4 Å². The van der Waals surface area contributed by atoms with Crippen LogP contribution in [0.25, 0.3) is 0 Å². The molecule has 214 valence electrons. The number of rotatable bonds is 10. The largest absolute Gasteiger partial charge is 0.508 e. The lowest BCUT2D eigenvalue weighted by Crippen LogP contribution is -2.19. The van der Waals surface area contributed by atoms with E-state index in [9.17, 15) is 10.2 Å². The van der Waals surface area contributed by atoms with Gasteiger partial charge < -0.3 is 20.8 Å². The number of nitrogens with one attached hydrogen (secondary N) is 2. The van der Waals surface area contributed by atoms with Crippen molar-refractivity contribution in [1.29, 1.82) is 0 Å². The first kappa shape index (κ1) is 28.8. The van der Waals surface area contributed by atoms with Gasteiger partial charge in [0.1, 0.15) is 11.5 Å². The van der Waals surface area contributed by atoms with Crippen LogP contribution >= 0.6 is 0 Å². The minimum Gasteiger partial charge on any atom is -0.508 e. The average molecular weight is 557 g/mol. The van der Waals surface area contributed by atoms with Gasteiger partial charge >= 0.3 is 0 Å². The third kappa shape index (κ3) is 6.28. The van der Waals surface area contributed by atoms with Gasteiger partial charge in [0, 0.05) is 46.4 Å². The van der Waals surface area contributed by atoms with Gasteiger partial charge in [0.05, 0.1) is 0 Å². The van der Waals surface area contributed by atoms with E-state index >= 15 is 0 Å². The summed E-state index contributed by atoms with van der Waals surface area (Å²) < 4.78 is 0. The molecule has 42 heavy (non-hydrogen) atoms. The Morgan fingerprint density at radius 3 is 1.26 bits per heavy atom. The fraction of sp³-hybridized carbons (Fsp3) is 0.211. The minimum atomic E-state index is -0.188. The Morgan fingerprint density at radius 2 is 0.857 bits per heavy atom. The molecule has 0 unspecified atom stereocenters. The maximum atomic E-state index is 10.6. The molecule has 0 radical (unpaired) electrons. The summed E-state index contributed by atoms with van der Waals surface area (Å²) in [6, 6.07) is 40.7. The van der Waals surface area contributed by atoms with Gasteiger partial charge in [0.2, 0.25) is 0 Å². The van der Waals surface area contributed by atoms with Crippen molar-refractivity contribution < 1.29 is 10.2 Å². The summed E-state index contributed by atoms with van der Waals surface area (Å²) in [6.45, 7) is 9.81. The van der Waals surface area contributed by atoms with Crippen LogP contribution in [0.5, 0.6) is 11.5 Å². The molecule has 5 rings (SSSR count). The molecule has 0 aliphatic rings. The molecular weight excluding hydrogens is 516 g/mol. The number of hydrogen-bond acceptors (Lipinski definition) is 4. The highest BCUT2D eigenvalue weighted by Gasteiger charge is 2.25. The van der Waals surface area contributed by atoms with Crippen molar-refractivity contribution in [3.05, 3.63) is 155 Å². The zero-order chi connectivity index (χ0) is 29.7.